The van der Waals surface area contributed by atoms with E-state index in [1.165, 1.54) is 26.4 Å². The van der Waals surface area contributed by atoms with Crippen molar-refractivity contribution in [2.24, 2.45) is 5.73 Å². The third-order valence-electron chi connectivity index (χ3n) is 5.35. The predicted octanol–water partition coefficient (Wildman–Crippen LogP) is -2.18. The lowest BCUT2D eigenvalue weighted by molar-refractivity contribution is -0.143. The van der Waals surface area contributed by atoms with Crippen LogP contribution >= 0.6 is 0 Å². The van der Waals surface area contributed by atoms with Crippen LogP contribution in [0.3, 0.4) is 0 Å². The number of hydrogen-bond donors (Lipinski definition) is 8. The molecule has 2 aromatic rings. The maximum absolute atomic E-state index is 12.8. The number of carboxylic acids is 1. The summed E-state index contributed by atoms with van der Waals surface area (Å²) in [6, 6.07) is 3.51. The summed E-state index contributed by atoms with van der Waals surface area (Å²) in [5.41, 5.74) is 7.19. The van der Waals surface area contributed by atoms with Crippen LogP contribution in [0.15, 0.2) is 42.9 Å². The van der Waals surface area contributed by atoms with Crippen molar-refractivity contribution in [1.82, 2.24) is 25.9 Å². The fourth-order valence-corrected chi connectivity index (χ4v) is 3.35. The lowest BCUT2D eigenvalue weighted by Gasteiger charge is -2.27. The Balaban J connectivity index is 2.05. The van der Waals surface area contributed by atoms with Gasteiger partial charge in [-0.15, -0.1) is 0 Å². The Kier molecular flexibility index (Phi) is 10.5. The maximum Gasteiger partial charge on any atom is 0.326 e. The smallest absolute Gasteiger partial charge is 0.326 e. The van der Waals surface area contributed by atoms with Gasteiger partial charge in [0.1, 0.15) is 18.1 Å². The lowest BCUT2D eigenvalue weighted by Crippen LogP contribution is -2.62. The Morgan fingerprint density at radius 2 is 1.47 bits per heavy atom. The second-order valence-electron chi connectivity index (χ2n) is 8.43. The number of nitrogens with two attached hydrogens (primary N) is 1. The highest BCUT2D eigenvalue weighted by Crippen LogP contribution is 2.05. The van der Waals surface area contributed by atoms with Gasteiger partial charge < -0.3 is 42.0 Å². The molecule has 0 saturated heterocycles. The van der Waals surface area contributed by atoms with E-state index in [0.717, 1.165) is 5.56 Å². The zero-order valence-electron chi connectivity index (χ0n) is 19.9. The highest BCUT2D eigenvalue weighted by atomic mass is 16.4. The van der Waals surface area contributed by atoms with E-state index in [-0.39, 0.29) is 12.8 Å². The van der Waals surface area contributed by atoms with E-state index in [1.807, 2.05) is 6.07 Å². The standard InChI is InChI=1S/C23H32N6O7/c1-12(30)18(21(33)27-17(23(35)36)9-15-10-25-11-26-15)29-22(34)19(13(2)31)28-20(32)16(24)8-14-6-4-3-5-7-14/h3-7,10-13,16-19,30-31H,8-9,24H2,1-2H3,(H,25,26)(H,27,33)(H,28,32)(H,29,34)(H,35,36). The van der Waals surface area contributed by atoms with Crippen LogP contribution in [0.4, 0.5) is 0 Å². The summed E-state index contributed by atoms with van der Waals surface area (Å²) in [6.45, 7) is 2.48. The fraction of sp³-hybridized carbons (Fsp3) is 0.435. The Hall–Kier alpha value is -3.81. The van der Waals surface area contributed by atoms with Crippen LogP contribution < -0.4 is 21.7 Å². The van der Waals surface area contributed by atoms with Crippen molar-refractivity contribution in [3.8, 4) is 0 Å². The molecule has 36 heavy (non-hydrogen) atoms. The number of hydrogen-bond acceptors (Lipinski definition) is 8. The molecule has 0 bridgehead atoms. The number of carboxylic acid groups (broad SMARTS) is 1. The molecule has 0 saturated carbocycles. The average Bonchev–Trinajstić information content (AvgIpc) is 3.33. The molecule has 6 atom stereocenters. The molecule has 0 aliphatic carbocycles. The molecular formula is C23H32N6O7. The Bertz CT molecular complexity index is 1010. The molecule has 0 radical (unpaired) electrons. The quantitative estimate of drug-likeness (QED) is 0.148. The zero-order valence-corrected chi connectivity index (χ0v) is 19.9. The molecule has 0 fully saturated rings. The third-order valence-corrected chi connectivity index (χ3v) is 5.35. The molecule has 1 aromatic heterocycles. The van der Waals surface area contributed by atoms with Crippen LogP contribution in [-0.2, 0) is 32.0 Å². The summed E-state index contributed by atoms with van der Waals surface area (Å²) in [5.74, 6) is -3.98. The molecule has 1 aromatic carbocycles. The molecule has 0 spiro atoms. The summed E-state index contributed by atoms with van der Waals surface area (Å²) >= 11 is 0. The number of aliphatic hydroxyl groups excluding tert-OH is 2. The number of nitrogens with zero attached hydrogens (tertiary/aromatic N) is 1. The van der Waals surface area contributed by atoms with Gasteiger partial charge in [-0.05, 0) is 25.8 Å². The monoisotopic (exact) mass is 504 g/mol. The van der Waals surface area contributed by atoms with Gasteiger partial charge in [-0.1, -0.05) is 30.3 Å². The summed E-state index contributed by atoms with van der Waals surface area (Å²) in [4.78, 5) is 56.3. The molecule has 0 aliphatic heterocycles. The Morgan fingerprint density at radius 1 is 0.917 bits per heavy atom. The van der Waals surface area contributed by atoms with Crippen LogP contribution in [0.5, 0.6) is 0 Å². The van der Waals surface area contributed by atoms with Gasteiger partial charge in [-0.2, -0.15) is 0 Å². The second-order valence-corrected chi connectivity index (χ2v) is 8.43. The number of amides is 3. The number of H-pyrrole nitrogens is 1. The van der Waals surface area contributed by atoms with Crippen molar-refractivity contribution in [3.63, 3.8) is 0 Å². The fourth-order valence-electron chi connectivity index (χ4n) is 3.35. The van der Waals surface area contributed by atoms with Gasteiger partial charge in [-0.3, -0.25) is 14.4 Å². The minimum atomic E-state index is -1.57. The van der Waals surface area contributed by atoms with Crippen molar-refractivity contribution in [2.75, 3.05) is 0 Å². The van der Waals surface area contributed by atoms with Crippen molar-refractivity contribution < 1.29 is 34.5 Å². The molecule has 13 heteroatoms. The number of carbonyl (C=O) groups is 4. The maximum atomic E-state index is 12.8. The van der Waals surface area contributed by atoms with Crippen LogP contribution in [0.25, 0.3) is 0 Å². The molecule has 196 valence electrons. The number of aliphatic hydroxyl groups is 2. The summed E-state index contributed by atoms with van der Waals surface area (Å²) in [6.07, 6.45) is 0.0168. The van der Waals surface area contributed by atoms with E-state index in [4.69, 9.17) is 5.73 Å². The highest BCUT2D eigenvalue weighted by Gasteiger charge is 2.34. The highest BCUT2D eigenvalue weighted by molar-refractivity contribution is 5.94. The van der Waals surface area contributed by atoms with E-state index >= 15 is 0 Å². The normalized spacial score (nSPS) is 16.0. The van der Waals surface area contributed by atoms with Crippen molar-refractivity contribution in [3.05, 3.63) is 54.1 Å². The number of aromatic nitrogens is 2. The van der Waals surface area contributed by atoms with Gasteiger partial charge in [-0.25, -0.2) is 9.78 Å². The van der Waals surface area contributed by atoms with Crippen molar-refractivity contribution in [1.29, 1.82) is 0 Å². The van der Waals surface area contributed by atoms with Gasteiger partial charge in [0.2, 0.25) is 17.7 Å². The van der Waals surface area contributed by atoms with Gasteiger partial charge in [0.05, 0.1) is 24.6 Å². The number of aliphatic carboxylic acids is 1. The number of imidazole rings is 1. The topological polar surface area (TPSA) is 220 Å². The number of benzene rings is 1. The summed E-state index contributed by atoms with van der Waals surface area (Å²) in [7, 11) is 0. The first-order chi connectivity index (χ1) is 17.0. The Morgan fingerprint density at radius 3 is 1.97 bits per heavy atom. The van der Waals surface area contributed by atoms with Gasteiger partial charge in [0.15, 0.2) is 0 Å². The number of aromatic amines is 1. The number of nitrogens with one attached hydrogen (secondary N) is 4. The van der Waals surface area contributed by atoms with Gasteiger partial charge in [0, 0.05) is 18.3 Å². The van der Waals surface area contributed by atoms with E-state index in [1.54, 1.807) is 24.3 Å². The predicted molar refractivity (Wildman–Crippen MR) is 127 cm³/mol. The van der Waals surface area contributed by atoms with E-state index < -0.39 is 60.1 Å². The van der Waals surface area contributed by atoms with Gasteiger partial charge in [0.25, 0.3) is 0 Å². The van der Waals surface area contributed by atoms with Crippen LogP contribution in [0.1, 0.15) is 25.1 Å². The summed E-state index contributed by atoms with van der Waals surface area (Å²) in [5, 5.41) is 36.5. The minimum absolute atomic E-state index is 0.118. The summed E-state index contributed by atoms with van der Waals surface area (Å²) < 4.78 is 0. The number of carbonyl (C=O) groups excluding carboxylic acids is 3. The molecule has 9 N–H and O–H groups in total. The van der Waals surface area contributed by atoms with Crippen LogP contribution in [0.2, 0.25) is 0 Å². The van der Waals surface area contributed by atoms with Gasteiger partial charge >= 0.3 is 5.97 Å². The first-order valence-corrected chi connectivity index (χ1v) is 11.3. The molecule has 2 rings (SSSR count). The minimum Gasteiger partial charge on any atom is -0.480 e. The third kappa shape index (κ3) is 8.45. The first-order valence-electron chi connectivity index (χ1n) is 11.3. The average molecular weight is 505 g/mol. The van der Waals surface area contributed by atoms with Crippen LogP contribution in [-0.4, -0.2) is 85.4 Å². The molecule has 6 unspecified atom stereocenters. The number of rotatable bonds is 13. The molecule has 1 heterocycles. The van der Waals surface area contributed by atoms with E-state index in [0.29, 0.717) is 5.69 Å². The van der Waals surface area contributed by atoms with E-state index in [2.05, 4.69) is 25.9 Å². The molecule has 0 aliphatic rings. The molecule has 3 amide bonds. The molecular weight excluding hydrogens is 472 g/mol. The zero-order chi connectivity index (χ0) is 26.8. The van der Waals surface area contributed by atoms with Crippen molar-refractivity contribution >= 4 is 23.7 Å². The van der Waals surface area contributed by atoms with Crippen molar-refractivity contribution in [2.45, 2.75) is 63.1 Å². The second kappa shape index (κ2) is 13.3. The molecule has 13 nitrogen and oxygen atoms in total. The van der Waals surface area contributed by atoms with E-state index in [9.17, 15) is 34.5 Å². The SMILES string of the molecule is CC(O)C(NC(=O)C(N)Cc1ccccc1)C(=O)NC(C(=O)NC(Cc1cnc[nH]1)C(=O)O)C(C)O. The largest absolute Gasteiger partial charge is 0.480 e. The van der Waals surface area contributed by atoms with Crippen LogP contribution in [0, 0.1) is 0 Å². The first kappa shape index (κ1) is 28.4. The lowest BCUT2D eigenvalue weighted by atomic mass is 10.0. The Labute approximate surface area is 207 Å².